The van der Waals surface area contributed by atoms with E-state index < -0.39 is 0 Å². The van der Waals surface area contributed by atoms with Gasteiger partial charge in [-0.3, -0.25) is 0 Å². The molecule has 0 spiro atoms. The summed E-state index contributed by atoms with van der Waals surface area (Å²) >= 11 is 2.26. The highest BCUT2D eigenvalue weighted by atomic mass is 35.5. The Morgan fingerprint density at radius 2 is 1.80 bits per heavy atom. The number of piperidine rings is 1. The van der Waals surface area contributed by atoms with Crippen LogP contribution in [-0.4, -0.2) is 24.1 Å². The van der Waals surface area contributed by atoms with Crippen molar-refractivity contribution in [2.24, 2.45) is 5.92 Å². The summed E-state index contributed by atoms with van der Waals surface area (Å²) in [4.78, 5) is 0. The van der Waals surface area contributed by atoms with Gasteiger partial charge in [-0.05, 0) is 50.4 Å². The molecule has 1 saturated carbocycles. The van der Waals surface area contributed by atoms with E-state index in [2.05, 4.69) is 17.1 Å². The van der Waals surface area contributed by atoms with E-state index in [9.17, 15) is 0 Å². The van der Waals surface area contributed by atoms with E-state index in [0.29, 0.717) is 0 Å². The maximum Gasteiger partial charge on any atom is 0.00471 e. The van der Waals surface area contributed by atoms with Crippen LogP contribution in [-0.2, 0) is 0 Å². The number of thioether (sulfide) groups is 1. The number of hydrogen-bond acceptors (Lipinski definition) is 2. The number of nitrogens with one attached hydrogen (secondary N) is 1. The standard InChI is InChI=1S/C12H23NS.ClH/c1-2-6-12(7-3-1)14-10-11-5-4-8-13-9-11;/h11-13H,1-10H2;1H. The first kappa shape index (κ1) is 13.7. The van der Waals surface area contributed by atoms with Gasteiger partial charge >= 0.3 is 0 Å². The van der Waals surface area contributed by atoms with E-state index in [1.165, 1.54) is 63.8 Å². The minimum Gasteiger partial charge on any atom is -0.316 e. The topological polar surface area (TPSA) is 12.0 Å². The van der Waals surface area contributed by atoms with Crippen LogP contribution in [0.25, 0.3) is 0 Å². The zero-order valence-corrected chi connectivity index (χ0v) is 11.2. The lowest BCUT2D eigenvalue weighted by Gasteiger charge is -2.26. The zero-order chi connectivity index (χ0) is 9.64. The maximum atomic E-state index is 3.51. The van der Waals surface area contributed by atoms with Crippen LogP contribution in [0.3, 0.4) is 0 Å². The predicted molar refractivity (Wildman–Crippen MR) is 72.2 cm³/mol. The van der Waals surface area contributed by atoms with Gasteiger partial charge in [-0.1, -0.05) is 19.3 Å². The van der Waals surface area contributed by atoms with Gasteiger partial charge in [0.05, 0.1) is 0 Å². The molecule has 1 saturated heterocycles. The van der Waals surface area contributed by atoms with E-state index in [0.717, 1.165) is 11.2 Å². The fraction of sp³-hybridized carbons (Fsp3) is 1.00. The molecule has 1 heterocycles. The Labute approximate surface area is 105 Å². The van der Waals surface area contributed by atoms with Gasteiger partial charge in [0.25, 0.3) is 0 Å². The molecule has 0 aromatic carbocycles. The highest BCUT2D eigenvalue weighted by Crippen LogP contribution is 2.30. The Bertz CT molecular complexity index is 136. The smallest absolute Gasteiger partial charge is 0.00471 e. The van der Waals surface area contributed by atoms with Crippen molar-refractivity contribution in [3.63, 3.8) is 0 Å². The molecule has 2 aliphatic rings. The molecule has 0 amide bonds. The highest BCUT2D eigenvalue weighted by molar-refractivity contribution is 7.99. The van der Waals surface area contributed by atoms with Crippen molar-refractivity contribution in [1.82, 2.24) is 5.32 Å². The molecule has 0 radical (unpaired) electrons. The molecule has 1 aliphatic carbocycles. The molecule has 2 rings (SSSR count). The number of hydrogen-bond donors (Lipinski definition) is 1. The van der Waals surface area contributed by atoms with E-state index in [-0.39, 0.29) is 12.4 Å². The molecule has 1 atom stereocenters. The van der Waals surface area contributed by atoms with E-state index >= 15 is 0 Å². The van der Waals surface area contributed by atoms with Crippen molar-refractivity contribution >= 4 is 24.2 Å². The first-order valence-electron chi connectivity index (χ1n) is 6.27. The van der Waals surface area contributed by atoms with Gasteiger partial charge in [-0.2, -0.15) is 11.8 Å². The zero-order valence-electron chi connectivity index (χ0n) is 9.54. The van der Waals surface area contributed by atoms with Gasteiger partial charge in [0.1, 0.15) is 0 Å². The Hall–Kier alpha value is 0.600. The van der Waals surface area contributed by atoms with Crippen LogP contribution in [0.2, 0.25) is 0 Å². The largest absolute Gasteiger partial charge is 0.316 e. The summed E-state index contributed by atoms with van der Waals surface area (Å²) in [6, 6.07) is 0. The second kappa shape index (κ2) is 7.81. The first-order chi connectivity index (χ1) is 6.95. The van der Waals surface area contributed by atoms with Crippen molar-refractivity contribution in [2.75, 3.05) is 18.8 Å². The first-order valence-corrected chi connectivity index (χ1v) is 7.32. The quantitative estimate of drug-likeness (QED) is 0.822. The molecule has 1 nitrogen and oxygen atoms in total. The lowest BCUT2D eigenvalue weighted by Crippen LogP contribution is -2.31. The van der Waals surface area contributed by atoms with Crippen molar-refractivity contribution in [2.45, 2.75) is 50.2 Å². The highest BCUT2D eigenvalue weighted by Gasteiger charge is 2.17. The van der Waals surface area contributed by atoms with Crippen molar-refractivity contribution < 1.29 is 0 Å². The lowest BCUT2D eigenvalue weighted by molar-refractivity contribution is 0.409. The maximum absolute atomic E-state index is 3.51. The Balaban J connectivity index is 0.00000112. The third kappa shape index (κ3) is 4.97. The third-order valence-corrected chi connectivity index (χ3v) is 5.13. The van der Waals surface area contributed by atoms with Crippen LogP contribution in [0, 0.1) is 5.92 Å². The Morgan fingerprint density at radius 3 is 2.47 bits per heavy atom. The third-order valence-electron chi connectivity index (χ3n) is 3.52. The lowest BCUT2D eigenvalue weighted by atomic mass is 10.0. The van der Waals surface area contributed by atoms with Crippen LogP contribution in [0.15, 0.2) is 0 Å². The molecule has 90 valence electrons. The summed E-state index contributed by atoms with van der Waals surface area (Å²) < 4.78 is 0. The van der Waals surface area contributed by atoms with Gasteiger partial charge in [0, 0.05) is 5.25 Å². The average molecular weight is 250 g/mol. The summed E-state index contributed by atoms with van der Waals surface area (Å²) in [5.74, 6) is 2.38. The minimum atomic E-state index is 0. The van der Waals surface area contributed by atoms with Gasteiger partial charge in [-0.25, -0.2) is 0 Å². The predicted octanol–water partition coefficient (Wildman–Crippen LogP) is 3.47. The van der Waals surface area contributed by atoms with Gasteiger partial charge < -0.3 is 5.32 Å². The van der Waals surface area contributed by atoms with Crippen LogP contribution < -0.4 is 5.32 Å². The number of halogens is 1. The van der Waals surface area contributed by atoms with Gasteiger partial charge in [0.15, 0.2) is 0 Å². The Morgan fingerprint density at radius 1 is 1.00 bits per heavy atom. The monoisotopic (exact) mass is 249 g/mol. The molecule has 3 heteroatoms. The van der Waals surface area contributed by atoms with Crippen LogP contribution in [0.1, 0.15) is 44.9 Å². The molecular formula is C12H24ClNS. The van der Waals surface area contributed by atoms with Crippen molar-refractivity contribution in [3.05, 3.63) is 0 Å². The van der Waals surface area contributed by atoms with E-state index in [1.54, 1.807) is 0 Å². The van der Waals surface area contributed by atoms with Crippen molar-refractivity contribution in [1.29, 1.82) is 0 Å². The summed E-state index contributed by atoms with van der Waals surface area (Å²) in [5, 5.41) is 4.51. The summed E-state index contributed by atoms with van der Waals surface area (Å²) in [7, 11) is 0. The normalized spacial score (nSPS) is 28.4. The fourth-order valence-corrected chi connectivity index (χ4v) is 4.07. The molecule has 15 heavy (non-hydrogen) atoms. The van der Waals surface area contributed by atoms with Gasteiger partial charge in [-0.15, -0.1) is 12.4 Å². The van der Waals surface area contributed by atoms with Crippen LogP contribution in [0.4, 0.5) is 0 Å². The average Bonchev–Trinajstić information content (AvgIpc) is 2.29. The van der Waals surface area contributed by atoms with Crippen LogP contribution in [0.5, 0.6) is 0 Å². The second-order valence-corrected chi connectivity index (χ2v) is 6.14. The van der Waals surface area contributed by atoms with E-state index in [4.69, 9.17) is 0 Å². The van der Waals surface area contributed by atoms with Crippen LogP contribution >= 0.6 is 24.2 Å². The fourth-order valence-electron chi connectivity index (χ4n) is 2.57. The SMILES string of the molecule is C1CCC(SCC2CCCNC2)CC1.Cl. The molecule has 1 N–H and O–H groups in total. The van der Waals surface area contributed by atoms with Gasteiger partial charge in [0.2, 0.25) is 0 Å². The minimum absolute atomic E-state index is 0. The summed E-state index contributed by atoms with van der Waals surface area (Å²) in [6.07, 6.45) is 10.3. The molecule has 0 aromatic heterocycles. The number of rotatable bonds is 3. The molecule has 1 unspecified atom stereocenters. The van der Waals surface area contributed by atoms with Crippen molar-refractivity contribution in [3.8, 4) is 0 Å². The molecule has 2 fully saturated rings. The second-order valence-electron chi connectivity index (χ2n) is 4.81. The Kier molecular flexibility index (Phi) is 7.11. The molecule has 0 aromatic rings. The summed E-state index contributed by atoms with van der Waals surface area (Å²) in [6.45, 7) is 2.53. The molecular weight excluding hydrogens is 226 g/mol. The molecule has 0 bridgehead atoms. The molecule has 1 aliphatic heterocycles. The summed E-state index contributed by atoms with van der Waals surface area (Å²) in [5.41, 5.74) is 0. The van der Waals surface area contributed by atoms with E-state index in [1.807, 2.05) is 0 Å².